The minimum Gasteiger partial charge on any atom is -0.347 e. The van der Waals surface area contributed by atoms with Crippen molar-refractivity contribution < 1.29 is 4.79 Å². The molecule has 1 atom stereocenters. The first-order chi connectivity index (χ1) is 9.38. The van der Waals surface area contributed by atoms with Crippen LogP contribution >= 0.6 is 0 Å². The molecule has 1 N–H and O–H groups in total. The molecule has 1 fully saturated rings. The Morgan fingerprint density at radius 1 is 1.30 bits per heavy atom. The normalized spacial score (nSPS) is 17.4. The Bertz CT molecular complexity index is 460. The van der Waals surface area contributed by atoms with Gasteiger partial charge in [0.2, 0.25) is 5.91 Å². The molecule has 1 aromatic rings. The van der Waals surface area contributed by atoms with Gasteiger partial charge in [0.25, 0.3) is 0 Å². The summed E-state index contributed by atoms with van der Waals surface area (Å²) < 4.78 is 0. The van der Waals surface area contributed by atoms with Gasteiger partial charge in [-0.3, -0.25) is 4.79 Å². The van der Waals surface area contributed by atoms with Crippen molar-refractivity contribution in [2.24, 2.45) is 5.92 Å². The molecule has 1 unspecified atom stereocenters. The van der Waals surface area contributed by atoms with Crippen molar-refractivity contribution in [2.45, 2.75) is 39.7 Å². The van der Waals surface area contributed by atoms with Crippen LogP contribution in [0.15, 0.2) is 24.3 Å². The second-order valence-electron chi connectivity index (χ2n) is 6.54. The van der Waals surface area contributed by atoms with Crippen LogP contribution in [0, 0.1) is 12.8 Å². The van der Waals surface area contributed by atoms with Crippen LogP contribution < -0.4 is 5.32 Å². The minimum absolute atomic E-state index is 0.0417. The standard InChI is InChI=1S/C17H26N2O/c1-13-6-8-15(9-7-13)17(3,4)18-16(20)14(2)12-19-10-5-11-19/h6-9,14H,5,10-12H2,1-4H3,(H,18,20). The van der Waals surface area contributed by atoms with Crippen molar-refractivity contribution in [1.29, 1.82) is 0 Å². The van der Waals surface area contributed by atoms with Gasteiger partial charge in [0.05, 0.1) is 5.54 Å². The number of amides is 1. The van der Waals surface area contributed by atoms with E-state index in [2.05, 4.69) is 55.3 Å². The van der Waals surface area contributed by atoms with Gasteiger partial charge < -0.3 is 10.2 Å². The van der Waals surface area contributed by atoms with Crippen LogP contribution in [0.4, 0.5) is 0 Å². The molecule has 20 heavy (non-hydrogen) atoms. The number of aryl methyl sites for hydroxylation is 1. The first-order valence-electron chi connectivity index (χ1n) is 7.50. The molecular formula is C17H26N2O. The maximum atomic E-state index is 12.3. The molecule has 3 heteroatoms. The lowest BCUT2D eigenvalue weighted by Gasteiger charge is -2.34. The summed E-state index contributed by atoms with van der Waals surface area (Å²) in [5.74, 6) is 0.183. The summed E-state index contributed by atoms with van der Waals surface area (Å²) in [5.41, 5.74) is 2.06. The number of carbonyl (C=O) groups is 1. The van der Waals surface area contributed by atoms with Crippen LogP contribution in [0.1, 0.15) is 38.3 Å². The monoisotopic (exact) mass is 274 g/mol. The fourth-order valence-corrected chi connectivity index (χ4v) is 2.51. The van der Waals surface area contributed by atoms with Crippen molar-refractivity contribution in [3.8, 4) is 0 Å². The zero-order chi connectivity index (χ0) is 14.8. The SMILES string of the molecule is Cc1ccc(C(C)(C)NC(=O)C(C)CN2CCC2)cc1. The molecular weight excluding hydrogens is 248 g/mol. The Labute approximate surface area is 122 Å². The highest BCUT2D eigenvalue weighted by atomic mass is 16.2. The van der Waals surface area contributed by atoms with Crippen LogP contribution in [-0.4, -0.2) is 30.4 Å². The molecule has 0 spiro atoms. The number of likely N-dealkylation sites (tertiary alicyclic amines) is 1. The maximum absolute atomic E-state index is 12.3. The second kappa shape index (κ2) is 5.96. The molecule has 110 valence electrons. The molecule has 0 saturated carbocycles. The molecule has 1 aliphatic heterocycles. The predicted molar refractivity (Wildman–Crippen MR) is 82.6 cm³/mol. The van der Waals surface area contributed by atoms with Gasteiger partial charge in [0.15, 0.2) is 0 Å². The lowest BCUT2D eigenvalue weighted by molar-refractivity contribution is -0.127. The minimum atomic E-state index is -0.325. The Kier molecular flexibility index (Phi) is 4.48. The zero-order valence-electron chi connectivity index (χ0n) is 13.1. The highest BCUT2D eigenvalue weighted by Gasteiger charge is 2.27. The first kappa shape index (κ1) is 15.0. The third kappa shape index (κ3) is 3.60. The molecule has 1 amide bonds. The van der Waals surface area contributed by atoms with Gasteiger partial charge in [-0.2, -0.15) is 0 Å². The van der Waals surface area contributed by atoms with Crippen molar-refractivity contribution >= 4 is 5.91 Å². The fourth-order valence-electron chi connectivity index (χ4n) is 2.51. The summed E-state index contributed by atoms with van der Waals surface area (Å²) >= 11 is 0. The van der Waals surface area contributed by atoms with Crippen molar-refractivity contribution in [3.63, 3.8) is 0 Å². The van der Waals surface area contributed by atoms with Crippen LogP contribution in [0.25, 0.3) is 0 Å². The lowest BCUT2D eigenvalue weighted by Crippen LogP contribution is -2.48. The van der Waals surface area contributed by atoms with Crippen LogP contribution in [-0.2, 0) is 10.3 Å². The highest BCUT2D eigenvalue weighted by Crippen LogP contribution is 2.21. The van der Waals surface area contributed by atoms with E-state index in [1.54, 1.807) is 0 Å². The Morgan fingerprint density at radius 3 is 2.40 bits per heavy atom. The number of nitrogens with zero attached hydrogens (tertiary/aromatic N) is 1. The number of hydrogen-bond acceptors (Lipinski definition) is 2. The summed E-state index contributed by atoms with van der Waals surface area (Å²) in [7, 11) is 0. The average molecular weight is 274 g/mol. The van der Waals surface area contributed by atoms with Crippen LogP contribution in [0.5, 0.6) is 0 Å². The van der Waals surface area contributed by atoms with Gasteiger partial charge in [0, 0.05) is 12.5 Å². The lowest BCUT2D eigenvalue weighted by atomic mass is 9.92. The van der Waals surface area contributed by atoms with E-state index in [0.717, 1.165) is 25.2 Å². The molecule has 0 aliphatic carbocycles. The van der Waals surface area contributed by atoms with Crippen molar-refractivity contribution in [2.75, 3.05) is 19.6 Å². The summed E-state index contributed by atoms with van der Waals surface area (Å²) in [6.07, 6.45) is 1.27. The second-order valence-corrected chi connectivity index (χ2v) is 6.54. The van der Waals surface area contributed by atoms with E-state index in [4.69, 9.17) is 0 Å². The Balaban J connectivity index is 1.95. The van der Waals surface area contributed by atoms with E-state index in [-0.39, 0.29) is 17.4 Å². The van der Waals surface area contributed by atoms with E-state index in [1.807, 2.05) is 6.92 Å². The van der Waals surface area contributed by atoms with E-state index < -0.39 is 0 Å². The fraction of sp³-hybridized carbons (Fsp3) is 0.588. The number of hydrogen-bond donors (Lipinski definition) is 1. The molecule has 3 nitrogen and oxygen atoms in total. The summed E-state index contributed by atoms with van der Waals surface area (Å²) in [6, 6.07) is 8.37. The van der Waals surface area contributed by atoms with E-state index in [1.165, 1.54) is 12.0 Å². The maximum Gasteiger partial charge on any atom is 0.224 e. The highest BCUT2D eigenvalue weighted by molar-refractivity contribution is 5.79. The van der Waals surface area contributed by atoms with E-state index in [9.17, 15) is 4.79 Å². The molecule has 1 heterocycles. The van der Waals surface area contributed by atoms with Gasteiger partial charge in [0.1, 0.15) is 0 Å². The average Bonchev–Trinajstić information content (AvgIpc) is 2.33. The number of benzene rings is 1. The van der Waals surface area contributed by atoms with Gasteiger partial charge in [-0.1, -0.05) is 36.8 Å². The summed E-state index contributed by atoms with van der Waals surface area (Å²) in [6.45, 7) is 11.4. The van der Waals surface area contributed by atoms with Gasteiger partial charge in [-0.15, -0.1) is 0 Å². The molecule has 0 bridgehead atoms. The molecule has 2 rings (SSSR count). The van der Waals surface area contributed by atoms with Crippen LogP contribution in [0.2, 0.25) is 0 Å². The zero-order valence-corrected chi connectivity index (χ0v) is 13.1. The summed E-state index contributed by atoms with van der Waals surface area (Å²) in [4.78, 5) is 14.7. The quantitative estimate of drug-likeness (QED) is 0.895. The predicted octanol–water partition coefficient (Wildman–Crippen LogP) is 2.69. The Morgan fingerprint density at radius 2 is 1.90 bits per heavy atom. The topological polar surface area (TPSA) is 32.3 Å². The van der Waals surface area contributed by atoms with Crippen molar-refractivity contribution in [1.82, 2.24) is 10.2 Å². The van der Waals surface area contributed by atoms with Crippen molar-refractivity contribution in [3.05, 3.63) is 35.4 Å². The number of carbonyl (C=O) groups excluding carboxylic acids is 1. The van der Waals surface area contributed by atoms with Gasteiger partial charge >= 0.3 is 0 Å². The van der Waals surface area contributed by atoms with E-state index in [0.29, 0.717) is 0 Å². The van der Waals surface area contributed by atoms with Gasteiger partial charge in [-0.25, -0.2) is 0 Å². The number of nitrogens with one attached hydrogen (secondary N) is 1. The van der Waals surface area contributed by atoms with Crippen LogP contribution in [0.3, 0.4) is 0 Å². The van der Waals surface area contributed by atoms with Gasteiger partial charge in [-0.05, 0) is 45.8 Å². The molecule has 1 aromatic carbocycles. The molecule has 1 saturated heterocycles. The largest absolute Gasteiger partial charge is 0.347 e. The first-order valence-corrected chi connectivity index (χ1v) is 7.50. The molecule has 1 aliphatic rings. The smallest absolute Gasteiger partial charge is 0.224 e. The third-order valence-electron chi connectivity index (χ3n) is 4.14. The molecule has 0 radical (unpaired) electrons. The molecule has 0 aromatic heterocycles. The van der Waals surface area contributed by atoms with E-state index >= 15 is 0 Å². The number of rotatable bonds is 5. The Hall–Kier alpha value is -1.35. The third-order valence-corrected chi connectivity index (χ3v) is 4.14. The summed E-state index contributed by atoms with van der Waals surface area (Å²) in [5, 5.41) is 3.18.